The second kappa shape index (κ2) is 3.20. The first-order valence-electron chi connectivity index (χ1n) is 4.47. The minimum absolute atomic E-state index is 0.131. The molecular weight excluding hydrogens is 201 g/mol. The summed E-state index contributed by atoms with van der Waals surface area (Å²) in [6, 6.07) is 6.46. The van der Waals surface area contributed by atoms with Crippen LogP contribution in [-0.4, -0.2) is 17.3 Å². The number of rotatable bonds is 1. The van der Waals surface area contributed by atoms with Crippen LogP contribution in [0.5, 0.6) is 0 Å². The zero-order valence-corrected chi connectivity index (χ0v) is 7.81. The normalized spacial score (nSPS) is 28.5. The molecule has 0 radical (unpaired) electrons. The highest BCUT2D eigenvalue weighted by Gasteiger charge is 2.48. The smallest absolute Gasteiger partial charge is 0.404 e. The molecular formula is C10H10FNO3. The summed E-state index contributed by atoms with van der Waals surface area (Å²) in [6.45, 7) is 0. The van der Waals surface area contributed by atoms with Crippen molar-refractivity contribution in [1.82, 2.24) is 0 Å². The van der Waals surface area contributed by atoms with Gasteiger partial charge in [0, 0.05) is 12.0 Å². The minimum atomic E-state index is -2.65. The van der Waals surface area contributed by atoms with Crippen LogP contribution in [0, 0.1) is 0 Å². The lowest BCUT2D eigenvalue weighted by molar-refractivity contribution is -0.166. The molecule has 15 heavy (non-hydrogen) atoms. The number of hydrogen-bond donors (Lipinski definition) is 2. The van der Waals surface area contributed by atoms with E-state index in [-0.39, 0.29) is 12.0 Å². The van der Waals surface area contributed by atoms with Crippen LogP contribution in [0.25, 0.3) is 0 Å². The van der Waals surface area contributed by atoms with Crippen LogP contribution in [-0.2, 0) is 17.0 Å². The van der Waals surface area contributed by atoms with E-state index >= 15 is 0 Å². The van der Waals surface area contributed by atoms with E-state index in [2.05, 4.69) is 4.74 Å². The van der Waals surface area contributed by atoms with Crippen LogP contribution < -0.4 is 5.73 Å². The van der Waals surface area contributed by atoms with E-state index in [0.717, 1.165) is 0 Å². The number of alkyl halides is 1. The van der Waals surface area contributed by atoms with Gasteiger partial charge in [0.05, 0.1) is 0 Å². The van der Waals surface area contributed by atoms with E-state index in [1.54, 1.807) is 18.2 Å². The molecule has 0 saturated carbocycles. The Bertz CT molecular complexity index is 405. The maximum Gasteiger partial charge on any atom is 0.404 e. The molecule has 2 unspecified atom stereocenters. The second-order valence-electron chi connectivity index (χ2n) is 3.46. The van der Waals surface area contributed by atoms with Gasteiger partial charge in [-0.15, -0.1) is 0 Å². The number of fused-ring (bicyclic) bond motifs is 1. The van der Waals surface area contributed by atoms with Gasteiger partial charge in [0.15, 0.2) is 6.10 Å². The number of carbonyl (C=O) groups is 1. The standard InChI is InChI=1S/C10H10FNO3/c11-10(14)7-4-2-1-3-6(7)5-8(10)15-9(12)13/h1-4,8,14H,5H2,(H2,12,13). The molecule has 1 aliphatic rings. The fourth-order valence-electron chi connectivity index (χ4n) is 1.81. The van der Waals surface area contributed by atoms with E-state index in [1.807, 2.05) is 0 Å². The van der Waals surface area contributed by atoms with Crippen molar-refractivity contribution in [1.29, 1.82) is 0 Å². The first-order chi connectivity index (χ1) is 7.01. The highest BCUT2D eigenvalue weighted by atomic mass is 19.2. The van der Waals surface area contributed by atoms with Crippen molar-refractivity contribution >= 4 is 6.09 Å². The van der Waals surface area contributed by atoms with Gasteiger partial charge in [-0.25, -0.2) is 9.18 Å². The molecule has 3 N–H and O–H groups in total. The molecule has 0 spiro atoms. The molecule has 0 fully saturated rings. The van der Waals surface area contributed by atoms with Crippen LogP contribution in [0.3, 0.4) is 0 Å². The Morgan fingerprint density at radius 2 is 2.27 bits per heavy atom. The lowest BCUT2D eigenvalue weighted by Gasteiger charge is -2.21. The second-order valence-corrected chi connectivity index (χ2v) is 3.46. The Hall–Kier alpha value is -1.62. The van der Waals surface area contributed by atoms with Gasteiger partial charge in [-0.05, 0) is 5.56 Å². The molecule has 1 aromatic rings. The summed E-state index contributed by atoms with van der Waals surface area (Å²) in [5, 5.41) is 9.56. The number of primary amides is 1. The molecule has 1 amide bonds. The van der Waals surface area contributed by atoms with Gasteiger partial charge in [0.2, 0.25) is 0 Å². The van der Waals surface area contributed by atoms with Gasteiger partial charge >= 0.3 is 6.09 Å². The summed E-state index contributed by atoms with van der Waals surface area (Å²) >= 11 is 0. The average Bonchev–Trinajstić information content (AvgIpc) is 2.39. The Morgan fingerprint density at radius 3 is 2.87 bits per heavy atom. The summed E-state index contributed by atoms with van der Waals surface area (Å²) in [5.74, 6) is -2.65. The SMILES string of the molecule is NC(=O)OC1Cc2ccccc2C1(O)F. The lowest BCUT2D eigenvalue weighted by atomic mass is 10.1. The molecule has 2 atom stereocenters. The maximum atomic E-state index is 13.9. The number of ether oxygens (including phenoxy) is 1. The number of aliphatic hydroxyl groups is 1. The van der Waals surface area contributed by atoms with Gasteiger partial charge in [-0.2, -0.15) is 0 Å². The Balaban J connectivity index is 2.34. The van der Waals surface area contributed by atoms with Gasteiger partial charge < -0.3 is 15.6 Å². The van der Waals surface area contributed by atoms with Crippen molar-refractivity contribution in [2.45, 2.75) is 18.4 Å². The molecule has 1 aromatic carbocycles. The Kier molecular flexibility index (Phi) is 2.12. The third kappa shape index (κ3) is 1.55. The quantitative estimate of drug-likeness (QED) is 0.722. The van der Waals surface area contributed by atoms with Crippen molar-refractivity contribution in [2.24, 2.45) is 5.73 Å². The molecule has 5 heteroatoms. The number of amides is 1. The number of halogens is 1. The first kappa shape index (κ1) is 9.92. The van der Waals surface area contributed by atoms with Gasteiger partial charge in [0.25, 0.3) is 5.85 Å². The molecule has 1 aliphatic carbocycles. The third-order valence-corrected chi connectivity index (χ3v) is 2.49. The average molecular weight is 211 g/mol. The van der Waals surface area contributed by atoms with E-state index < -0.39 is 18.1 Å². The van der Waals surface area contributed by atoms with Crippen LogP contribution in [0.1, 0.15) is 11.1 Å². The van der Waals surface area contributed by atoms with Gasteiger partial charge in [-0.3, -0.25) is 0 Å². The molecule has 0 aromatic heterocycles. The number of carbonyl (C=O) groups excluding carboxylic acids is 1. The van der Waals surface area contributed by atoms with Crippen LogP contribution in [0.4, 0.5) is 9.18 Å². The van der Waals surface area contributed by atoms with Crippen molar-refractivity contribution in [3.05, 3.63) is 35.4 Å². The van der Waals surface area contributed by atoms with E-state index in [4.69, 9.17) is 5.73 Å². The first-order valence-corrected chi connectivity index (χ1v) is 4.47. The van der Waals surface area contributed by atoms with Crippen molar-refractivity contribution in [3.8, 4) is 0 Å². The molecule has 80 valence electrons. The molecule has 0 saturated heterocycles. The topological polar surface area (TPSA) is 72.6 Å². The molecule has 0 aliphatic heterocycles. The predicted molar refractivity (Wildman–Crippen MR) is 49.6 cm³/mol. The van der Waals surface area contributed by atoms with Crippen molar-refractivity contribution in [3.63, 3.8) is 0 Å². The molecule has 4 nitrogen and oxygen atoms in total. The summed E-state index contributed by atoms with van der Waals surface area (Å²) in [7, 11) is 0. The van der Waals surface area contributed by atoms with E-state index in [9.17, 15) is 14.3 Å². The van der Waals surface area contributed by atoms with Crippen LogP contribution in [0.2, 0.25) is 0 Å². The van der Waals surface area contributed by atoms with Crippen molar-refractivity contribution in [2.75, 3.05) is 0 Å². The number of benzene rings is 1. The molecule has 0 bridgehead atoms. The fraction of sp³-hybridized carbons (Fsp3) is 0.300. The van der Waals surface area contributed by atoms with E-state index in [1.165, 1.54) is 6.07 Å². The minimum Gasteiger partial charge on any atom is -0.440 e. The van der Waals surface area contributed by atoms with Gasteiger partial charge in [-0.1, -0.05) is 24.3 Å². The Morgan fingerprint density at radius 1 is 1.60 bits per heavy atom. The van der Waals surface area contributed by atoms with Gasteiger partial charge in [0.1, 0.15) is 0 Å². The third-order valence-electron chi connectivity index (χ3n) is 2.49. The zero-order valence-electron chi connectivity index (χ0n) is 7.81. The zero-order chi connectivity index (χ0) is 11.1. The monoisotopic (exact) mass is 211 g/mol. The molecule has 2 rings (SSSR count). The highest BCUT2D eigenvalue weighted by Crippen LogP contribution is 2.39. The van der Waals surface area contributed by atoms with Crippen LogP contribution >= 0.6 is 0 Å². The summed E-state index contributed by atoms with van der Waals surface area (Å²) in [5.41, 5.74) is 5.54. The number of nitrogens with two attached hydrogens (primary N) is 1. The van der Waals surface area contributed by atoms with Crippen LogP contribution in [0.15, 0.2) is 24.3 Å². The summed E-state index contributed by atoms with van der Waals surface area (Å²) in [4.78, 5) is 10.5. The fourth-order valence-corrected chi connectivity index (χ4v) is 1.81. The lowest BCUT2D eigenvalue weighted by Crippen LogP contribution is -2.36. The molecule has 0 heterocycles. The number of hydrogen-bond acceptors (Lipinski definition) is 3. The summed E-state index contributed by atoms with van der Waals surface area (Å²) < 4.78 is 18.4. The predicted octanol–water partition coefficient (Wildman–Crippen LogP) is 0.821. The highest BCUT2D eigenvalue weighted by molar-refractivity contribution is 5.65. The Labute approximate surface area is 85.5 Å². The maximum absolute atomic E-state index is 13.9. The van der Waals surface area contributed by atoms with Crippen molar-refractivity contribution < 1.29 is 19.0 Å². The van der Waals surface area contributed by atoms with E-state index in [0.29, 0.717) is 5.56 Å². The summed E-state index contributed by atoms with van der Waals surface area (Å²) in [6.07, 6.45) is -2.22. The largest absolute Gasteiger partial charge is 0.440 e.